The molecule has 4 heterocycles. The van der Waals surface area contributed by atoms with Crippen LogP contribution in [-0.4, -0.2) is 36.0 Å². The number of amides is 3. The molecule has 27 heavy (non-hydrogen) atoms. The molecule has 136 valence electrons. The summed E-state index contributed by atoms with van der Waals surface area (Å²) in [6.07, 6.45) is 4.55. The van der Waals surface area contributed by atoms with Gasteiger partial charge < -0.3 is 14.5 Å². The van der Waals surface area contributed by atoms with Gasteiger partial charge >= 0.3 is 0 Å². The summed E-state index contributed by atoms with van der Waals surface area (Å²) < 4.78 is 11.1. The lowest BCUT2D eigenvalue weighted by Crippen LogP contribution is -2.48. The number of carbonyl (C=O) groups excluding carboxylic acids is 3. The summed E-state index contributed by atoms with van der Waals surface area (Å²) in [7, 11) is 0. The largest absolute Gasteiger partial charge is 0.459 e. The highest BCUT2D eigenvalue weighted by Gasteiger charge is 2.67. The smallest absolute Gasteiger partial charge is 0.287 e. The molecule has 3 amide bonds. The van der Waals surface area contributed by atoms with Crippen molar-refractivity contribution in [3.63, 3.8) is 0 Å². The third-order valence-corrected chi connectivity index (χ3v) is 5.44. The summed E-state index contributed by atoms with van der Waals surface area (Å²) >= 11 is 0. The first-order valence-corrected chi connectivity index (χ1v) is 8.72. The molecule has 2 aromatic rings. The monoisotopic (exact) mass is 364 g/mol. The molecule has 1 aromatic heterocycles. The predicted octanol–water partition coefficient (Wildman–Crippen LogP) is 1.52. The van der Waals surface area contributed by atoms with Crippen LogP contribution in [0, 0.1) is 11.8 Å². The normalized spacial score (nSPS) is 30.8. The van der Waals surface area contributed by atoms with E-state index in [1.807, 2.05) is 6.07 Å². The molecule has 3 aliphatic rings. The van der Waals surface area contributed by atoms with Gasteiger partial charge in [-0.25, -0.2) is 4.90 Å². The van der Waals surface area contributed by atoms with E-state index in [1.165, 1.54) is 11.2 Å². The molecule has 7 heteroatoms. The zero-order chi connectivity index (χ0) is 18.6. The Hall–Kier alpha value is -3.19. The maximum Gasteiger partial charge on any atom is 0.287 e. The van der Waals surface area contributed by atoms with E-state index in [0.29, 0.717) is 5.69 Å². The molecule has 7 nitrogen and oxygen atoms in total. The average Bonchev–Trinajstić information content (AvgIpc) is 3.44. The van der Waals surface area contributed by atoms with Crippen molar-refractivity contribution in [2.75, 3.05) is 11.4 Å². The second-order valence-electron chi connectivity index (χ2n) is 6.91. The van der Waals surface area contributed by atoms with Crippen LogP contribution in [0.25, 0.3) is 0 Å². The summed E-state index contributed by atoms with van der Waals surface area (Å²) in [5.74, 6) is -1.99. The number of hydrogen-bond acceptors (Lipinski definition) is 5. The van der Waals surface area contributed by atoms with Crippen LogP contribution >= 0.6 is 0 Å². The Labute approximate surface area is 154 Å². The van der Waals surface area contributed by atoms with Gasteiger partial charge in [0.05, 0.1) is 36.4 Å². The zero-order valence-corrected chi connectivity index (χ0v) is 14.2. The van der Waals surface area contributed by atoms with Crippen LogP contribution in [-0.2, 0) is 14.3 Å². The van der Waals surface area contributed by atoms with Crippen molar-refractivity contribution in [3.05, 3.63) is 66.6 Å². The van der Waals surface area contributed by atoms with Gasteiger partial charge in [-0.2, -0.15) is 0 Å². The van der Waals surface area contributed by atoms with Gasteiger partial charge in [-0.15, -0.1) is 0 Å². The Balaban J connectivity index is 1.42. The predicted molar refractivity (Wildman–Crippen MR) is 93.7 cm³/mol. The maximum atomic E-state index is 13.1. The van der Waals surface area contributed by atoms with E-state index in [-0.39, 0.29) is 24.1 Å². The number of benzene rings is 1. The fourth-order valence-electron chi connectivity index (χ4n) is 4.25. The molecule has 4 atom stereocenters. The fraction of sp³-hybridized carbons (Fsp3) is 0.250. The summed E-state index contributed by atoms with van der Waals surface area (Å²) in [6.45, 7) is 0.0857. The molecule has 4 unspecified atom stereocenters. The maximum absolute atomic E-state index is 13.1. The van der Waals surface area contributed by atoms with Gasteiger partial charge in [-0.1, -0.05) is 30.4 Å². The highest BCUT2D eigenvalue weighted by molar-refractivity contribution is 6.23. The van der Waals surface area contributed by atoms with Crippen LogP contribution < -0.4 is 10.2 Å². The number of nitrogens with zero attached hydrogens (tertiary/aromatic N) is 1. The molecule has 2 fully saturated rings. The number of para-hydroxylation sites is 1. The molecular formula is C20H16N2O5. The van der Waals surface area contributed by atoms with Gasteiger partial charge in [0.25, 0.3) is 5.91 Å². The number of hydrogen-bond donors (Lipinski definition) is 1. The van der Waals surface area contributed by atoms with Crippen LogP contribution in [0.4, 0.5) is 5.69 Å². The van der Waals surface area contributed by atoms with Gasteiger partial charge in [0.1, 0.15) is 5.60 Å². The first kappa shape index (κ1) is 16.0. The minimum atomic E-state index is -1.02. The number of fused-ring (bicyclic) bond motifs is 5. The Morgan fingerprint density at radius 1 is 1.11 bits per heavy atom. The van der Waals surface area contributed by atoms with Gasteiger partial charge in [0.15, 0.2) is 5.76 Å². The summed E-state index contributed by atoms with van der Waals surface area (Å²) in [5.41, 5.74) is -0.468. The summed E-state index contributed by atoms with van der Waals surface area (Å²) in [6, 6.07) is 12.0. The van der Waals surface area contributed by atoms with E-state index < -0.39 is 29.4 Å². The molecule has 1 aromatic carbocycles. The number of rotatable bonds is 4. The first-order valence-electron chi connectivity index (χ1n) is 8.72. The van der Waals surface area contributed by atoms with E-state index in [9.17, 15) is 14.4 Å². The van der Waals surface area contributed by atoms with Crippen LogP contribution in [0.1, 0.15) is 10.6 Å². The Morgan fingerprint density at radius 2 is 1.93 bits per heavy atom. The minimum absolute atomic E-state index is 0.0857. The molecule has 2 bridgehead atoms. The van der Waals surface area contributed by atoms with Crippen molar-refractivity contribution in [1.82, 2.24) is 5.32 Å². The highest BCUT2D eigenvalue weighted by Crippen LogP contribution is 2.52. The van der Waals surface area contributed by atoms with E-state index in [1.54, 1.807) is 48.6 Å². The molecule has 5 rings (SSSR count). The third kappa shape index (κ3) is 2.21. The highest BCUT2D eigenvalue weighted by atomic mass is 16.5. The fourth-order valence-corrected chi connectivity index (χ4v) is 4.25. The Bertz CT molecular complexity index is 952. The van der Waals surface area contributed by atoms with Gasteiger partial charge in [-0.3, -0.25) is 14.4 Å². The van der Waals surface area contributed by atoms with Gasteiger partial charge in [-0.05, 0) is 24.3 Å². The van der Waals surface area contributed by atoms with E-state index in [4.69, 9.17) is 9.15 Å². The third-order valence-electron chi connectivity index (χ3n) is 5.44. The second kappa shape index (κ2) is 5.65. The van der Waals surface area contributed by atoms with Crippen molar-refractivity contribution in [1.29, 1.82) is 0 Å². The van der Waals surface area contributed by atoms with E-state index in [2.05, 4.69) is 5.32 Å². The molecule has 0 saturated carbocycles. The zero-order valence-electron chi connectivity index (χ0n) is 14.2. The second-order valence-corrected chi connectivity index (χ2v) is 6.91. The molecule has 0 spiro atoms. The topological polar surface area (TPSA) is 88.9 Å². The van der Waals surface area contributed by atoms with Crippen molar-refractivity contribution in [2.24, 2.45) is 11.8 Å². The molecule has 0 radical (unpaired) electrons. The lowest BCUT2D eigenvalue weighted by atomic mass is 9.77. The van der Waals surface area contributed by atoms with Crippen LogP contribution in [0.2, 0.25) is 0 Å². The van der Waals surface area contributed by atoms with Crippen molar-refractivity contribution in [2.45, 2.75) is 11.7 Å². The number of furan rings is 1. The van der Waals surface area contributed by atoms with Crippen LogP contribution in [0.5, 0.6) is 0 Å². The lowest BCUT2D eigenvalue weighted by molar-refractivity contribution is -0.126. The van der Waals surface area contributed by atoms with E-state index >= 15 is 0 Å². The Morgan fingerprint density at radius 3 is 2.67 bits per heavy atom. The van der Waals surface area contributed by atoms with Crippen LogP contribution in [0.3, 0.4) is 0 Å². The minimum Gasteiger partial charge on any atom is -0.459 e. The van der Waals surface area contributed by atoms with Gasteiger partial charge in [0.2, 0.25) is 11.8 Å². The molecule has 1 N–H and O–H groups in total. The molecule has 3 aliphatic heterocycles. The number of carbonyl (C=O) groups is 3. The lowest BCUT2D eigenvalue weighted by Gasteiger charge is -2.28. The summed E-state index contributed by atoms with van der Waals surface area (Å²) in [4.78, 5) is 39.5. The Kier molecular flexibility index (Phi) is 3.35. The number of imide groups is 1. The van der Waals surface area contributed by atoms with E-state index in [0.717, 1.165) is 0 Å². The number of ether oxygens (including phenoxy) is 1. The van der Waals surface area contributed by atoms with Crippen molar-refractivity contribution >= 4 is 23.4 Å². The van der Waals surface area contributed by atoms with Crippen LogP contribution in [0.15, 0.2) is 65.3 Å². The quantitative estimate of drug-likeness (QED) is 0.656. The van der Waals surface area contributed by atoms with Crippen molar-refractivity contribution in [3.8, 4) is 0 Å². The molecule has 2 saturated heterocycles. The SMILES string of the molecule is O=C(NCC12C=CC(O1)C1C(=O)N(c3ccccc3)C(=O)C12)c1ccco1. The van der Waals surface area contributed by atoms with Crippen molar-refractivity contribution < 1.29 is 23.5 Å². The standard InChI is InChI=1S/C20H16N2O5/c23-17(14-7-4-10-26-14)21-11-20-9-8-13(27-20)15-16(20)19(25)22(18(15)24)12-5-2-1-3-6-12/h1-10,13,15-16H,11H2,(H,21,23). The molecule has 0 aliphatic carbocycles. The average molecular weight is 364 g/mol. The summed E-state index contributed by atoms with van der Waals surface area (Å²) in [5, 5.41) is 2.76. The first-order chi connectivity index (χ1) is 13.1. The number of nitrogens with one attached hydrogen (secondary N) is 1. The molecular weight excluding hydrogens is 348 g/mol. The van der Waals surface area contributed by atoms with Gasteiger partial charge in [0, 0.05) is 0 Å². The number of anilines is 1.